The lowest BCUT2D eigenvalue weighted by atomic mass is 9.82. The van der Waals surface area contributed by atoms with Crippen molar-refractivity contribution in [2.45, 2.75) is 12.8 Å². The molecule has 7 heteroatoms. The molecule has 0 radical (unpaired) electrons. The third kappa shape index (κ3) is 2.35. The Bertz CT molecular complexity index is 783. The number of benzene rings is 1. The van der Waals surface area contributed by atoms with Gasteiger partial charge in [-0.25, -0.2) is 8.78 Å². The van der Waals surface area contributed by atoms with Crippen molar-refractivity contribution >= 4 is 33.5 Å². The van der Waals surface area contributed by atoms with Crippen LogP contribution in [0.3, 0.4) is 0 Å². The topological polar surface area (TPSA) is 55.4 Å². The lowest BCUT2D eigenvalue weighted by Gasteiger charge is -2.25. The lowest BCUT2D eigenvalue weighted by molar-refractivity contribution is -0.150. The van der Waals surface area contributed by atoms with Crippen LogP contribution >= 0.6 is 15.9 Å². The van der Waals surface area contributed by atoms with Crippen LogP contribution in [0.5, 0.6) is 0 Å². The van der Waals surface area contributed by atoms with E-state index in [2.05, 4.69) is 21.2 Å². The van der Waals surface area contributed by atoms with Gasteiger partial charge in [-0.15, -0.1) is 0 Å². The summed E-state index contributed by atoms with van der Waals surface area (Å²) in [6, 6.07) is 2.17. The Morgan fingerprint density at radius 2 is 1.72 bits per heavy atom. The largest absolute Gasteiger partial charge is 0.469 e. The van der Waals surface area contributed by atoms with Crippen molar-refractivity contribution in [2.75, 3.05) is 12.4 Å². The van der Waals surface area contributed by atoms with E-state index in [0.29, 0.717) is 0 Å². The van der Waals surface area contributed by atoms with Gasteiger partial charge in [0, 0.05) is 4.47 Å². The van der Waals surface area contributed by atoms with Gasteiger partial charge in [0.2, 0.25) is 5.91 Å². The monoisotopic (exact) mass is 411 g/mol. The van der Waals surface area contributed by atoms with E-state index >= 15 is 0 Å². The molecule has 4 rings (SSSR count). The Labute approximate surface area is 151 Å². The van der Waals surface area contributed by atoms with Gasteiger partial charge >= 0.3 is 5.97 Å². The van der Waals surface area contributed by atoms with Crippen LogP contribution in [0.25, 0.3) is 0 Å². The number of nitrogens with one attached hydrogen (secondary N) is 1. The number of hydrogen-bond donors (Lipinski definition) is 1. The van der Waals surface area contributed by atoms with Crippen molar-refractivity contribution in [1.82, 2.24) is 0 Å². The number of halogens is 3. The molecule has 1 aromatic rings. The van der Waals surface area contributed by atoms with Gasteiger partial charge in [0.05, 0.1) is 18.9 Å². The standard InChI is InChI=1S/C18H16BrF2NO3/c1-25-17(24)14-10-3-2-9(18(10)4-5-18)13(14)16(23)22-15-11(20)6-8(19)7-12(15)21/h2-3,6-7,9-10,13-14H,4-5H2,1H3,(H,22,23)/t9-,10+,13+,14+/m0/s1. The van der Waals surface area contributed by atoms with Crippen LogP contribution in [0.2, 0.25) is 0 Å². The second-order valence-electron chi connectivity index (χ2n) is 6.98. The van der Waals surface area contributed by atoms with Crippen molar-refractivity contribution in [2.24, 2.45) is 29.1 Å². The third-order valence-corrected chi connectivity index (χ3v) is 6.33. The summed E-state index contributed by atoms with van der Waals surface area (Å²) < 4.78 is 33.2. The number of carbonyl (C=O) groups is 2. The minimum atomic E-state index is -0.866. The molecule has 2 saturated carbocycles. The highest BCUT2D eigenvalue weighted by atomic mass is 79.9. The maximum absolute atomic E-state index is 14.0. The number of carbonyl (C=O) groups excluding carboxylic acids is 2. The molecule has 1 N–H and O–H groups in total. The van der Waals surface area contributed by atoms with Crippen LogP contribution in [0, 0.1) is 40.7 Å². The fraction of sp³-hybridized carbons (Fsp3) is 0.444. The molecule has 1 amide bonds. The molecule has 0 aliphatic heterocycles. The van der Waals surface area contributed by atoms with Crippen molar-refractivity contribution in [3.63, 3.8) is 0 Å². The molecule has 132 valence electrons. The Hall–Kier alpha value is -1.76. The molecule has 0 aromatic heterocycles. The van der Waals surface area contributed by atoms with Crippen LogP contribution < -0.4 is 5.32 Å². The number of hydrogen-bond acceptors (Lipinski definition) is 3. The van der Waals surface area contributed by atoms with Crippen LogP contribution in [-0.4, -0.2) is 19.0 Å². The van der Waals surface area contributed by atoms with Crippen molar-refractivity contribution < 1.29 is 23.1 Å². The molecule has 0 heterocycles. The molecule has 3 aliphatic carbocycles. The molecule has 1 aromatic carbocycles. The Balaban J connectivity index is 1.65. The maximum Gasteiger partial charge on any atom is 0.310 e. The van der Waals surface area contributed by atoms with Crippen molar-refractivity contribution in [3.05, 3.63) is 40.4 Å². The first-order chi connectivity index (χ1) is 11.9. The quantitative estimate of drug-likeness (QED) is 0.609. The van der Waals surface area contributed by atoms with Crippen molar-refractivity contribution in [1.29, 1.82) is 0 Å². The van der Waals surface area contributed by atoms with Crippen molar-refractivity contribution in [3.8, 4) is 0 Å². The highest BCUT2D eigenvalue weighted by molar-refractivity contribution is 9.10. The zero-order chi connectivity index (χ0) is 17.9. The molecule has 2 bridgehead atoms. The summed E-state index contributed by atoms with van der Waals surface area (Å²) >= 11 is 3.00. The molecular weight excluding hydrogens is 396 g/mol. The summed E-state index contributed by atoms with van der Waals surface area (Å²) in [6.45, 7) is 0. The minimum Gasteiger partial charge on any atom is -0.469 e. The average Bonchev–Trinajstić information content (AvgIpc) is 3.23. The van der Waals surface area contributed by atoms with E-state index < -0.39 is 41.0 Å². The molecule has 0 unspecified atom stereocenters. The smallest absolute Gasteiger partial charge is 0.310 e. The molecule has 4 nitrogen and oxygen atoms in total. The number of esters is 1. The summed E-state index contributed by atoms with van der Waals surface area (Å²) in [5.41, 5.74) is -0.550. The van der Waals surface area contributed by atoms with Crippen LogP contribution in [0.1, 0.15) is 12.8 Å². The van der Waals surface area contributed by atoms with Gasteiger partial charge < -0.3 is 10.1 Å². The molecule has 25 heavy (non-hydrogen) atoms. The predicted octanol–water partition coefficient (Wildman–Crippen LogP) is 3.67. The number of rotatable bonds is 3. The summed E-state index contributed by atoms with van der Waals surface area (Å²) in [5.74, 6) is -4.14. The third-order valence-electron chi connectivity index (χ3n) is 5.87. The van der Waals surface area contributed by atoms with E-state index in [-0.39, 0.29) is 21.7 Å². The molecule has 2 fully saturated rings. The van der Waals surface area contributed by atoms with Gasteiger partial charge in [0.15, 0.2) is 11.6 Å². The van der Waals surface area contributed by atoms with E-state index in [4.69, 9.17) is 4.74 Å². The Morgan fingerprint density at radius 1 is 1.16 bits per heavy atom. The number of ether oxygens (including phenoxy) is 1. The molecular formula is C18H16BrF2NO3. The summed E-state index contributed by atoms with van der Waals surface area (Å²) in [7, 11) is 1.29. The van der Waals surface area contributed by atoms with E-state index in [9.17, 15) is 18.4 Å². The summed E-state index contributed by atoms with van der Waals surface area (Å²) in [6.07, 6.45) is 5.86. The fourth-order valence-electron chi connectivity index (χ4n) is 4.68. The normalized spacial score (nSPS) is 30.6. The van der Waals surface area contributed by atoms with Gasteiger partial charge in [0.25, 0.3) is 0 Å². The highest BCUT2D eigenvalue weighted by Crippen LogP contribution is 2.72. The van der Waals surface area contributed by atoms with Gasteiger partial charge in [-0.1, -0.05) is 28.1 Å². The minimum absolute atomic E-state index is 0.0414. The van der Waals surface area contributed by atoms with Crippen LogP contribution in [0.4, 0.5) is 14.5 Å². The lowest BCUT2D eigenvalue weighted by Crippen LogP contribution is -2.37. The number of anilines is 1. The zero-order valence-corrected chi connectivity index (χ0v) is 15.0. The first-order valence-corrected chi connectivity index (χ1v) is 8.90. The van der Waals surface area contributed by atoms with E-state index in [0.717, 1.165) is 25.0 Å². The number of amides is 1. The van der Waals surface area contributed by atoms with Gasteiger partial charge in [0.1, 0.15) is 5.69 Å². The number of methoxy groups -OCH3 is 1. The summed E-state index contributed by atoms with van der Waals surface area (Å²) in [4.78, 5) is 25.1. The fourth-order valence-corrected chi connectivity index (χ4v) is 5.08. The van der Waals surface area contributed by atoms with E-state index in [1.165, 1.54) is 7.11 Å². The summed E-state index contributed by atoms with van der Waals surface area (Å²) in [5, 5.41) is 2.36. The molecule has 4 atom stereocenters. The highest BCUT2D eigenvalue weighted by Gasteiger charge is 2.70. The van der Waals surface area contributed by atoms with Gasteiger partial charge in [-0.2, -0.15) is 0 Å². The molecule has 0 saturated heterocycles. The predicted molar refractivity (Wildman–Crippen MR) is 89.5 cm³/mol. The maximum atomic E-state index is 14.0. The molecule has 3 aliphatic rings. The second-order valence-corrected chi connectivity index (χ2v) is 7.89. The first kappa shape index (κ1) is 16.7. The second kappa shape index (κ2) is 5.62. The Morgan fingerprint density at radius 3 is 2.24 bits per heavy atom. The van der Waals surface area contributed by atoms with Gasteiger partial charge in [-0.3, -0.25) is 9.59 Å². The number of allylic oxidation sites excluding steroid dienone is 2. The van der Waals surface area contributed by atoms with Gasteiger partial charge in [-0.05, 0) is 42.2 Å². The van der Waals surface area contributed by atoms with Crippen LogP contribution in [-0.2, 0) is 14.3 Å². The molecule has 1 spiro atoms. The van der Waals surface area contributed by atoms with Crippen LogP contribution in [0.15, 0.2) is 28.8 Å². The zero-order valence-electron chi connectivity index (χ0n) is 13.4. The van der Waals surface area contributed by atoms with E-state index in [1.807, 2.05) is 12.2 Å². The SMILES string of the molecule is COC(=O)[C@H]1[C@H](C(=O)Nc2c(F)cc(Br)cc2F)[C@@H]2C=C[C@H]1C21CC1. The van der Waals surface area contributed by atoms with E-state index in [1.54, 1.807) is 0 Å². The Kier molecular flexibility index (Phi) is 3.76. The first-order valence-electron chi connectivity index (χ1n) is 8.10. The average molecular weight is 412 g/mol.